The van der Waals surface area contributed by atoms with Gasteiger partial charge in [0.25, 0.3) is 5.56 Å². The summed E-state index contributed by atoms with van der Waals surface area (Å²) in [6, 6.07) is 15.4. The van der Waals surface area contributed by atoms with Gasteiger partial charge in [-0.2, -0.15) is 5.10 Å². The van der Waals surface area contributed by atoms with Crippen LogP contribution in [-0.2, 0) is 18.3 Å². The quantitative estimate of drug-likeness (QED) is 0.513. The Labute approximate surface area is 192 Å². The molecule has 5 rings (SSSR count). The van der Waals surface area contributed by atoms with Crippen molar-refractivity contribution in [1.29, 1.82) is 0 Å². The third-order valence-corrected chi connectivity index (χ3v) is 6.54. The monoisotopic (exact) mass is 441 g/mol. The van der Waals surface area contributed by atoms with Crippen LogP contribution in [0.5, 0.6) is 0 Å². The number of aryl methyl sites for hydroxylation is 1. The predicted octanol–water partition coefficient (Wildman–Crippen LogP) is 3.64. The molecule has 0 radical (unpaired) electrons. The Morgan fingerprint density at radius 2 is 1.79 bits per heavy atom. The number of hydrogen-bond donors (Lipinski definition) is 1. The molecule has 0 unspecified atom stereocenters. The van der Waals surface area contributed by atoms with Crippen molar-refractivity contribution in [3.8, 4) is 11.3 Å². The van der Waals surface area contributed by atoms with Gasteiger partial charge in [-0.05, 0) is 55.5 Å². The zero-order chi connectivity index (χ0) is 22.8. The van der Waals surface area contributed by atoms with Crippen LogP contribution >= 0.6 is 0 Å². The molecule has 1 N–H and O–H groups in total. The van der Waals surface area contributed by atoms with Gasteiger partial charge < -0.3 is 9.88 Å². The van der Waals surface area contributed by atoms with Gasteiger partial charge in [-0.25, -0.2) is 4.68 Å². The number of pyridine rings is 1. The van der Waals surface area contributed by atoms with E-state index in [9.17, 15) is 9.59 Å². The topological polar surface area (TPSA) is 81.8 Å². The normalized spacial score (nSPS) is 18.3. The van der Waals surface area contributed by atoms with E-state index in [0.29, 0.717) is 6.42 Å². The molecule has 0 saturated heterocycles. The third-order valence-electron chi connectivity index (χ3n) is 6.54. The first kappa shape index (κ1) is 21.1. The smallest absolute Gasteiger partial charge is 0.267 e. The Morgan fingerprint density at radius 1 is 1.03 bits per heavy atom. The molecular weight excluding hydrogens is 414 g/mol. The number of nitrogens with one attached hydrogen (secondary N) is 1. The Balaban J connectivity index is 1.22. The Bertz CT molecular complexity index is 1330. The molecule has 0 aliphatic heterocycles. The second-order valence-electron chi connectivity index (χ2n) is 8.77. The van der Waals surface area contributed by atoms with E-state index in [1.54, 1.807) is 29.2 Å². The van der Waals surface area contributed by atoms with Crippen molar-refractivity contribution in [1.82, 2.24) is 24.6 Å². The van der Waals surface area contributed by atoms with Crippen molar-refractivity contribution in [2.24, 2.45) is 7.05 Å². The summed E-state index contributed by atoms with van der Waals surface area (Å²) in [5, 5.41) is 8.95. The maximum absolute atomic E-state index is 12.7. The van der Waals surface area contributed by atoms with Crippen LogP contribution in [0.1, 0.15) is 37.3 Å². The number of carbonyl (C=O) groups excluding carboxylic acids is 1. The summed E-state index contributed by atoms with van der Waals surface area (Å²) in [6.07, 6.45) is 9.14. The van der Waals surface area contributed by atoms with E-state index in [-0.39, 0.29) is 23.6 Å². The molecular formula is C26H27N5O2. The molecule has 1 aromatic carbocycles. The first-order valence-electron chi connectivity index (χ1n) is 11.4. The molecule has 33 heavy (non-hydrogen) atoms. The molecule has 0 spiro atoms. The van der Waals surface area contributed by atoms with Crippen molar-refractivity contribution >= 4 is 16.8 Å². The lowest BCUT2D eigenvalue weighted by atomic mass is 9.91. The molecule has 1 aliphatic rings. The minimum absolute atomic E-state index is 0.0461. The molecule has 4 aromatic rings. The average Bonchev–Trinajstić information content (AvgIpc) is 3.16. The number of rotatable bonds is 5. The fourth-order valence-electron chi connectivity index (χ4n) is 4.85. The summed E-state index contributed by atoms with van der Waals surface area (Å²) in [5.74, 6) is 0.0461. The molecule has 1 fully saturated rings. The fourth-order valence-corrected chi connectivity index (χ4v) is 4.85. The molecule has 168 valence electrons. The molecule has 7 heteroatoms. The zero-order valence-corrected chi connectivity index (χ0v) is 18.6. The first-order valence-corrected chi connectivity index (χ1v) is 11.4. The summed E-state index contributed by atoms with van der Waals surface area (Å²) in [5.41, 5.74) is 3.79. The molecule has 1 saturated carbocycles. The van der Waals surface area contributed by atoms with Gasteiger partial charge in [0.15, 0.2) is 0 Å². The number of para-hydroxylation sites is 1. The standard InChI is InChI=1S/C26H27N5O2/c1-30-17-19(22-4-2-3-5-24(22)30)16-25(32)28-20-6-8-21(9-7-20)31-26(33)11-10-23(29-31)18-12-14-27-15-13-18/h2-5,10-15,17,20-21H,6-9,16H2,1H3,(H,28,32). The van der Waals surface area contributed by atoms with E-state index in [1.165, 1.54) is 0 Å². The van der Waals surface area contributed by atoms with Crippen LogP contribution in [0.2, 0.25) is 0 Å². The van der Waals surface area contributed by atoms with Crippen LogP contribution in [0.25, 0.3) is 22.2 Å². The number of carbonyl (C=O) groups is 1. The van der Waals surface area contributed by atoms with Crippen molar-refractivity contribution in [2.45, 2.75) is 44.2 Å². The highest BCUT2D eigenvalue weighted by Gasteiger charge is 2.25. The van der Waals surface area contributed by atoms with Gasteiger partial charge in [0.2, 0.25) is 5.91 Å². The number of amides is 1. The minimum Gasteiger partial charge on any atom is -0.353 e. The molecule has 0 bridgehead atoms. The van der Waals surface area contributed by atoms with Gasteiger partial charge in [-0.3, -0.25) is 14.6 Å². The van der Waals surface area contributed by atoms with Crippen molar-refractivity contribution in [2.75, 3.05) is 0 Å². The number of benzene rings is 1. The van der Waals surface area contributed by atoms with Crippen molar-refractivity contribution < 1.29 is 4.79 Å². The van der Waals surface area contributed by atoms with Gasteiger partial charge in [0.1, 0.15) is 0 Å². The van der Waals surface area contributed by atoms with Crippen LogP contribution < -0.4 is 10.9 Å². The summed E-state index contributed by atoms with van der Waals surface area (Å²) >= 11 is 0. The number of hydrogen-bond acceptors (Lipinski definition) is 4. The van der Waals surface area contributed by atoms with Gasteiger partial charge >= 0.3 is 0 Å². The lowest BCUT2D eigenvalue weighted by Crippen LogP contribution is -2.40. The minimum atomic E-state index is -0.0868. The first-order chi connectivity index (χ1) is 16.1. The van der Waals surface area contributed by atoms with Crippen LogP contribution in [0, 0.1) is 0 Å². The van der Waals surface area contributed by atoms with Gasteiger partial charge in [0.05, 0.1) is 18.2 Å². The zero-order valence-electron chi connectivity index (χ0n) is 18.6. The predicted molar refractivity (Wildman–Crippen MR) is 128 cm³/mol. The van der Waals surface area contributed by atoms with E-state index < -0.39 is 0 Å². The van der Waals surface area contributed by atoms with E-state index in [0.717, 1.165) is 53.4 Å². The summed E-state index contributed by atoms with van der Waals surface area (Å²) < 4.78 is 3.68. The molecule has 1 amide bonds. The fraction of sp³-hybridized carbons (Fsp3) is 0.308. The second-order valence-corrected chi connectivity index (χ2v) is 8.77. The number of fused-ring (bicyclic) bond motifs is 1. The van der Waals surface area contributed by atoms with E-state index in [1.807, 2.05) is 37.5 Å². The Hall–Kier alpha value is -3.74. The summed E-state index contributed by atoms with van der Waals surface area (Å²) in [4.78, 5) is 29.3. The van der Waals surface area contributed by atoms with Gasteiger partial charge in [-0.15, -0.1) is 0 Å². The van der Waals surface area contributed by atoms with E-state index >= 15 is 0 Å². The number of nitrogens with zero attached hydrogens (tertiary/aromatic N) is 4. The Kier molecular flexibility index (Phi) is 5.77. The van der Waals surface area contributed by atoms with Crippen LogP contribution in [0.4, 0.5) is 0 Å². The van der Waals surface area contributed by atoms with Gasteiger partial charge in [-0.1, -0.05) is 18.2 Å². The lowest BCUT2D eigenvalue weighted by Gasteiger charge is -2.29. The maximum Gasteiger partial charge on any atom is 0.267 e. The average molecular weight is 442 g/mol. The lowest BCUT2D eigenvalue weighted by molar-refractivity contribution is -0.121. The summed E-state index contributed by atoms with van der Waals surface area (Å²) in [7, 11) is 2.00. The van der Waals surface area contributed by atoms with Crippen molar-refractivity contribution in [3.05, 3.63) is 83.0 Å². The highest BCUT2D eigenvalue weighted by Crippen LogP contribution is 2.28. The van der Waals surface area contributed by atoms with E-state index in [4.69, 9.17) is 0 Å². The molecule has 7 nitrogen and oxygen atoms in total. The Morgan fingerprint density at radius 3 is 2.58 bits per heavy atom. The second kappa shape index (κ2) is 9.02. The van der Waals surface area contributed by atoms with Crippen LogP contribution in [0.15, 0.2) is 71.9 Å². The highest BCUT2D eigenvalue weighted by atomic mass is 16.1. The highest BCUT2D eigenvalue weighted by molar-refractivity contribution is 5.89. The van der Waals surface area contributed by atoms with Crippen molar-refractivity contribution in [3.63, 3.8) is 0 Å². The van der Waals surface area contributed by atoms with Gasteiger partial charge in [0, 0.05) is 54.2 Å². The molecule has 1 aliphatic carbocycles. The maximum atomic E-state index is 12.7. The van der Waals surface area contributed by atoms with E-state index in [2.05, 4.69) is 32.1 Å². The molecule has 3 heterocycles. The SMILES string of the molecule is Cn1cc(CC(=O)NC2CCC(n3nc(-c4ccncc4)ccc3=O)CC2)c2ccccc21. The third kappa shape index (κ3) is 4.44. The van der Waals surface area contributed by atoms with Crippen LogP contribution in [-0.4, -0.2) is 31.3 Å². The number of aromatic nitrogens is 4. The largest absolute Gasteiger partial charge is 0.353 e. The molecule has 0 atom stereocenters. The summed E-state index contributed by atoms with van der Waals surface area (Å²) in [6.45, 7) is 0. The van der Waals surface area contributed by atoms with Crippen LogP contribution in [0.3, 0.4) is 0 Å². The molecule has 3 aromatic heterocycles.